The number of carbonyl (C=O) groups excluding carboxylic acids is 2. The Morgan fingerprint density at radius 2 is 2.12 bits per heavy atom. The highest BCUT2D eigenvalue weighted by Crippen LogP contribution is 2.38. The molecule has 120 valence electrons. The molecule has 3 aromatic rings. The van der Waals surface area contributed by atoms with E-state index >= 15 is 0 Å². The predicted octanol–water partition coefficient (Wildman–Crippen LogP) is 1.48. The molecule has 0 fully saturated rings. The molecule has 0 spiro atoms. The van der Waals surface area contributed by atoms with Crippen LogP contribution in [0.1, 0.15) is 33.1 Å². The first-order chi connectivity index (χ1) is 11.6. The number of anilines is 1. The van der Waals surface area contributed by atoms with Gasteiger partial charge in [-0.2, -0.15) is 5.10 Å². The highest BCUT2D eigenvalue weighted by atomic mass is 16.2. The van der Waals surface area contributed by atoms with Gasteiger partial charge in [0.05, 0.1) is 16.8 Å². The lowest BCUT2D eigenvalue weighted by Crippen LogP contribution is -2.18. The molecule has 0 aliphatic carbocycles. The van der Waals surface area contributed by atoms with Gasteiger partial charge in [0.15, 0.2) is 0 Å². The van der Waals surface area contributed by atoms with Crippen molar-refractivity contribution < 1.29 is 9.59 Å². The van der Waals surface area contributed by atoms with E-state index in [1.165, 1.54) is 6.33 Å². The molecule has 1 aliphatic heterocycles. The van der Waals surface area contributed by atoms with Gasteiger partial charge in [0, 0.05) is 18.9 Å². The van der Waals surface area contributed by atoms with Crippen LogP contribution in [0, 0.1) is 6.92 Å². The van der Waals surface area contributed by atoms with E-state index < -0.39 is 5.92 Å². The van der Waals surface area contributed by atoms with Crippen molar-refractivity contribution in [2.24, 2.45) is 0 Å². The van der Waals surface area contributed by atoms with Crippen LogP contribution in [0.4, 0.5) is 5.69 Å². The molecule has 0 radical (unpaired) electrons. The molecule has 2 N–H and O–H groups in total. The van der Waals surface area contributed by atoms with Crippen LogP contribution in [0.3, 0.4) is 0 Å². The average Bonchev–Trinajstić information content (AvgIpc) is 3.11. The molecule has 1 unspecified atom stereocenters. The van der Waals surface area contributed by atoms with Crippen LogP contribution in [0.25, 0.3) is 5.52 Å². The van der Waals surface area contributed by atoms with Crippen molar-refractivity contribution in [2.45, 2.75) is 12.8 Å². The number of amides is 2. The number of fused-ring (bicyclic) bond motifs is 2. The van der Waals surface area contributed by atoms with Gasteiger partial charge in [0.2, 0.25) is 5.91 Å². The Morgan fingerprint density at radius 1 is 1.33 bits per heavy atom. The Labute approximate surface area is 137 Å². The van der Waals surface area contributed by atoms with E-state index in [4.69, 9.17) is 0 Å². The fourth-order valence-corrected chi connectivity index (χ4v) is 3.24. The molecular formula is C17H15N5O2. The summed E-state index contributed by atoms with van der Waals surface area (Å²) < 4.78 is 1.61. The van der Waals surface area contributed by atoms with E-state index in [-0.39, 0.29) is 11.8 Å². The maximum absolute atomic E-state index is 12.5. The summed E-state index contributed by atoms with van der Waals surface area (Å²) in [4.78, 5) is 28.9. The van der Waals surface area contributed by atoms with Crippen molar-refractivity contribution in [3.63, 3.8) is 0 Å². The number of aryl methyl sites for hydroxylation is 1. The summed E-state index contributed by atoms with van der Waals surface area (Å²) in [5.41, 5.74) is 4.23. The van der Waals surface area contributed by atoms with E-state index in [0.29, 0.717) is 16.8 Å². The monoisotopic (exact) mass is 321 g/mol. The second kappa shape index (κ2) is 5.16. The number of nitrogens with one attached hydrogen (secondary N) is 2. The summed E-state index contributed by atoms with van der Waals surface area (Å²) in [6.45, 7) is 1.84. The minimum absolute atomic E-state index is 0.126. The second-order valence-corrected chi connectivity index (χ2v) is 5.69. The van der Waals surface area contributed by atoms with Gasteiger partial charge in [-0.05, 0) is 24.1 Å². The molecule has 2 aromatic heterocycles. The van der Waals surface area contributed by atoms with Crippen LogP contribution in [0.2, 0.25) is 0 Å². The molecule has 0 bridgehead atoms. The summed E-state index contributed by atoms with van der Waals surface area (Å²) in [5, 5.41) is 9.69. The first-order valence-electron chi connectivity index (χ1n) is 7.56. The molecular weight excluding hydrogens is 306 g/mol. The van der Waals surface area contributed by atoms with Gasteiger partial charge in [-0.3, -0.25) is 9.59 Å². The third-order valence-corrected chi connectivity index (χ3v) is 4.39. The molecule has 3 heterocycles. The van der Waals surface area contributed by atoms with Crippen molar-refractivity contribution in [3.05, 3.63) is 59.2 Å². The molecule has 1 atom stereocenters. The van der Waals surface area contributed by atoms with E-state index in [1.807, 2.05) is 31.2 Å². The Balaban J connectivity index is 1.97. The fraction of sp³-hybridized carbons (Fsp3) is 0.176. The Morgan fingerprint density at radius 3 is 2.92 bits per heavy atom. The molecule has 1 aliphatic rings. The molecule has 4 rings (SSSR count). The lowest BCUT2D eigenvalue weighted by Gasteiger charge is -2.10. The van der Waals surface area contributed by atoms with Gasteiger partial charge in [0.25, 0.3) is 5.91 Å². The number of para-hydroxylation sites is 1. The minimum Gasteiger partial charge on any atom is -0.355 e. The number of nitrogens with zero attached hydrogens (tertiary/aromatic N) is 3. The van der Waals surface area contributed by atoms with E-state index in [9.17, 15) is 9.59 Å². The zero-order valence-corrected chi connectivity index (χ0v) is 13.2. The SMILES string of the molecule is CNC(=O)c1cn2ncnc(C3C(=O)Nc4ccccc43)c2c1C. The summed E-state index contributed by atoms with van der Waals surface area (Å²) in [6.07, 6.45) is 3.07. The Hall–Kier alpha value is -3.22. The zero-order valence-electron chi connectivity index (χ0n) is 13.2. The first-order valence-corrected chi connectivity index (χ1v) is 7.56. The second-order valence-electron chi connectivity index (χ2n) is 5.69. The Kier molecular flexibility index (Phi) is 3.09. The van der Waals surface area contributed by atoms with Crippen molar-refractivity contribution in [3.8, 4) is 0 Å². The van der Waals surface area contributed by atoms with Crippen molar-refractivity contribution in [2.75, 3.05) is 12.4 Å². The highest BCUT2D eigenvalue weighted by Gasteiger charge is 2.35. The number of carbonyl (C=O) groups is 2. The molecule has 24 heavy (non-hydrogen) atoms. The molecule has 0 saturated heterocycles. The number of hydrogen-bond acceptors (Lipinski definition) is 4. The van der Waals surface area contributed by atoms with Crippen molar-refractivity contribution in [1.29, 1.82) is 0 Å². The highest BCUT2D eigenvalue weighted by molar-refractivity contribution is 6.06. The van der Waals surface area contributed by atoms with Crippen LogP contribution >= 0.6 is 0 Å². The normalized spacial score (nSPS) is 16.1. The topological polar surface area (TPSA) is 88.4 Å². The third kappa shape index (κ3) is 1.91. The van der Waals surface area contributed by atoms with Gasteiger partial charge in [-0.15, -0.1) is 0 Å². The number of rotatable bonds is 2. The van der Waals surface area contributed by atoms with Crippen LogP contribution in [0.5, 0.6) is 0 Å². The number of benzene rings is 1. The molecule has 7 heteroatoms. The Bertz CT molecular complexity index is 992. The maximum Gasteiger partial charge on any atom is 0.252 e. The van der Waals surface area contributed by atoms with Gasteiger partial charge < -0.3 is 10.6 Å². The van der Waals surface area contributed by atoms with Crippen LogP contribution in [0.15, 0.2) is 36.8 Å². The lowest BCUT2D eigenvalue weighted by molar-refractivity contribution is -0.116. The van der Waals surface area contributed by atoms with Crippen molar-refractivity contribution >= 4 is 23.0 Å². The van der Waals surface area contributed by atoms with Gasteiger partial charge in [0.1, 0.15) is 12.2 Å². The largest absolute Gasteiger partial charge is 0.355 e. The van der Waals surface area contributed by atoms with Crippen LogP contribution in [-0.2, 0) is 4.79 Å². The van der Waals surface area contributed by atoms with Gasteiger partial charge in [-0.1, -0.05) is 18.2 Å². The van der Waals surface area contributed by atoms with Gasteiger partial charge in [-0.25, -0.2) is 9.50 Å². The minimum atomic E-state index is -0.516. The zero-order chi connectivity index (χ0) is 16.8. The third-order valence-electron chi connectivity index (χ3n) is 4.39. The van der Waals surface area contributed by atoms with Crippen molar-refractivity contribution in [1.82, 2.24) is 19.9 Å². The smallest absolute Gasteiger partial charge is 0.252 e. The molecule has 7 nitrogen and oxygen atoms in total. The van der Waals surface area contributed by atoms with Gasteiger partial charge >= 0.3 is 0 Å². The van der Waals surface area contributed by atoms with Crippen LogP contribution in [-0.4, -0.2) is 33.5 Å². The molecule has 2 amide bonds. The summed E-state index contributed by atoms with van der Waals surface area (Å²) in [6, 6.07) is 7.55. The maximum atomic E-state index is 12.5. The average molecular weight is 321 g/mol. The van der Waals surface area contributed by atoms with E-state index in [0.717, 1.165) is 16.8 Å². The fourth-order valence-electron chi connectivity index (χ4n) is 3.24. The summed E-state index contributed by atoms with van der Waals surface area (Å²) in [5.74, 6) is -0.836. The number of hydrogen-bond donors (Lipinski definition) is 2. The molecule has 1 aromatic carbocycles. The quantitative estimate of drug-likeness (QED) is 0.748. The number of aromatic nitrogens is 3. The predicted molar refractivity (Wildman–Crippen MR) is 88.0 cm³/mol. The first kappa shape index (κ1) is 14.4. The lowest BCUT2D eigenvalue weighted by atomic mass is 9.95. The summed E-state index contributed by atoms with van der Waals surface area (Å²) in [7, 11) is 1.58. The van der Waals surface area contributed by atoms with Crippen LogP contribution < -0.4 is 10.6 Å². The van der Waals surface area contributed by atoms with E-state index in [2.05, 4.69) is 20.7 Å². The molecule has 0 saturated carbocycles. The van der Waals surface area contributed by atoms with E-state index in [1.54, 1.807) is 17.8 Å². The standard InChI is InChI=1S/C17H15N5O2/c1-9-11(16(23)18-2)7-22-15(9)14(19-8-20-22)13-10-5-3-4-6-12(10)21-17(13)24/h3-8,13H,1-2H3,(H,18,23)(H,21,24). The summed E-state index contributed by atoms with van der Waals surface area (Å²) >= 11 is 0.